The van der Waals surface area contributed by atoms with Crippen molar-refractivity contribution in [3.05, 3.63) is 59.4 Å². The van der Waals surface area contributed by atoms with Crippen LogP contribution in [0.15, 0.2) is 42.5 Å². The first-order valence-electron chi connectivity index (χ1n) is 10.4. The molecule has 0 saturated carbocycles. The summed E-state index contributed by atoms with van der Waals surface area (Å²) in [4.78, 5) is 12.9. The maximum atomic E-state index is 14.3. The first kappa shape index (κ1) is 24.8. The van der Waals surface area contributed by atoms with Crippen molar-refractivity contribution in [2.45, 2.75) is 31.2 Å². The number of hydrogen-bond acceptors (Lipinski definition) is 4. The summed E-state index contributed by atoms with van der Waals surface area (Å²) < 4.78 is 68.0. The van der Waals surface area contributed by atoms with Crippen molar-refractivity contribution in [3.8, 4) is 5.75 Å². The summed E-state index contributed by atoms with van der Waals surface area (Å²) in [7, 11) is 2.96. The van der Waals surface area contributed by atoms with Crippen LogP contribution < -0.4 is 15.0 Å². The topological polar surface area (TPSA) is 60.0 Å². The maximum absolute atomic E-state index is 14.3. The lowest BCUT2D eigenvalue weighted by Gasteiger charge is -2.36. The van der Waals surface area contributed by atoms with Crippen molar-refractivity contribution in [2.24, 2.45) is 0 Å². The molecular weight excluding hydrogens is 444 g/mol. The Bertz CT molecular complexity index is 944. The largest absolute Gasteiger partial charge is 0.489 e. The van der Waals surface area contributed by atoms with E-state index in [4.69, 9.17) is 14.2 Å². The Kier molecular flexibility index (Phi) is 7.80. The molecule has 0 unspecified atom stereocenters. The molecule has 0 aromatic heterocycles. The van der Waals surface area contributed by atoms with Gasteiger partial charge in [0.1, 0.15) is 24.7 Å². The normalized spacial score (nSPS) is 15.7. The molecule has 1 N–H and O–H groups in total. The van der Waals surface area contributed by atoms with Gasteiger partial charge in [-0.25, -0.2) is 9.18 Å². The Morgan fingerprint density at radius 3 is 2.42 bits per heavy atom. The number of urea groups is 1. The van der Waals surface area contributed by atoms with E-state index in [9.17, 15) is 22.4 Å². The van der Waals surface area contributed by atoms with Gasteiger partial charge < -0.3 is 19.5 Å². The molecule has 0 aliphatic carbocycles. The lowest BCUT2D eigenvalue weighted by atomic mass is 9.86. The Morgan fingerprint density at radius 1 is 1.15 bits per heavy atom. The second kappa shape index (κ2) is 10.4. The first-order chi connectivity index (χ1) is 15.6. The summed E-state index contributed by atoms with van der Waals surface area (Å²) in [6.45, 7) is -0.226. The molecule has 3 rings (SSSR count). The van der Waals surface area contributed by atoms with E-state index in [0.29, 0.717) is 43.1 Å². The van der Waals surface area contributed by atoms with Crippen LogP contribution in [0.1, 0.15) is 24.0 Å². The number of methoxy groups -OCH3 is 1. The van der Waals surface area contributed by atoms with E-state index >= 15 is 0 Å². The molecule has 1 aliphatic heterocycles. The highest BCUT2D eigenvalue weighted by atomic mass is 19.4. The Balaban J connectivity index is 1.63. The summed E-state index contributed by atoms with van der Waals surface area (Å²) in [5, 5.41) is 1.81. The van der Waals surface area contributed by atoms with Gasteiger partial charge in [-0.15, -0.1) is 0 Å². The van der Waals surface area contributed by atoms with Gasteiger partial charge in [0, 0.05) is 52.0 Å². The van der Waals surface area contributed by atoms with Crippen molar-refractivity contribution in [3.63, 3.8) is 0 Å². The van der Waals surface area contributed by atoms with Gasteiger partial charge in [0.2, 0.25) is 0 Å². The van der Waals surface area contributed by atoms with E-state index < -0.39 is 30.2 Å². The van der Waals surface area contributed by atoms with Gasteiger partial charge in [-0.1, -0.05) is 12.1 Å². The zero-order chi connectivity index (χ0) is 24.1. The third kappa shape index (κ3) is 6.58. The fraction of sp³-hybridized carbons (Fsp3) is 0.435. The molecule has 0 atom stereocenters. The second-order valence-electron chi connectivity index (χ2n) is 7.77. The van der Waals surface area contributed by atoms with E-state index in [1.165, 1.54) is 19.2 Å². The molecule has 0 radical (unpaired) electrons. The van der Waals surface area contributed by atoms with Crippen molar-refractivity contribution in [2.75, 3.05) is 38.8 Å². The number of halogens is 4. The lowest BCUT2D eigenvalue weighted by Crippen LogP contribution is -2.41. The number of carbonyl (C=O) groups is 1. The van der Waals surface area contributed by atoms with Crippen molar-refractivity contribution in [1.29, 1.82) is 0 Å². The third-order valence-electron chi connectivity index (χ3n) is 5.56. The van der Waals surface area contributed by atoms with E-state index in [0.717, 1.165) is 10.5 Å². The number of nitrogens with zero attached hydrogens (tertiary/aromatic N) is 1. The van der Waals surface area contributed by atoms with Crippen LogP contribution in [0, 0.1) is 5.82 Å². The molecule has 1 aliphatic rings. The molecule has 0 bridgehead atoms. The number of nitrogens with one attached hydrogen (secondary N) is 1. The van der Waals surface area contributed by atoms with Crippen molar-refractivity contribution in [1.82, 2.24) is 5.32 Å². The highest BCUT2D eigenvalue weighted by Crippen LogP contribution is 2.37. The minimum Gasteiger partial charge on any atom is -0.489 e. The van der Waals surface area contributed by atoms with E-state index in [1.54, 1.807) is 37.4 Å². The van der Waals surface area contributed by atoms with E-state index in [-0.39, 0.29) is 6.61 Å². The average molecular weight is 470 g/mol. The zero-order valence-corrected chi connectivity index (χ0v) is 18.4. The molecule has 0 spiro atoms. The Morgan fingerprint density at radius 2 is 1.82 bits per heavy atom. The van der Waals surface area contributed by atoms with Crippen LogP contribution in [0.3, 0.4) is 0 Å². The molecular formula is C23H26F4N2O4. The van der Waals surface area contributed by atoms with Gasteiger partial charge in [-0.2, -0.15) is 13.2 Å². The summed E-state index contributed by atoms with van der Waals surface area (Å²) >= 11 is 0. The highest BCUT2D eigenvalue weighted by molar-refractivity contribution is 5.91. The number of amides is 2. The van der Waals surface area contributed by atoms with Gasteiger partial charge in [-0.05, 0) is 35.4 Å². The standard InChI is InChI=1S/C23H26F4N2O4/c1-29(21(30)28-15-23(25,26)27)19-5-3-16(4-6-19)14-33-20-12-17(11-18(24)13-20)22(31-2)7-9-32-10-8-22/h3-6,11-13H,7-10,14-15H2,1-2H3,(H,28,30). The number of hydrogen-bond donors (Lipinski definition) is 1. The van der Waals surface area contributed by atoms with Crippen LogP contribution in [-0.4, -0.2) is 46.1 Å². The number of rotatable bonds is 7. The molecule has 180 valence electrons. The molecule has 6 nitrogen and oxygen atoms in total. The summed E-state index contributed by atoms with van der Waals surface area (Å²) in [5.41, 5.74) is 1.21. The van der Waals surface area contributed by atoms with Gasteiger partial charge in [-0.3, -0.25) is 4.90 Å². The third-order valence-corrected chi connectivity index (χ3v) is 5.56. The minimum atomic E-state index is -4.48. The second-order valence-corrected chi connectivity index (χ2v) is 7.77. The molecule has 2 amide bonds. The van der Waals surface area contributed by atoms with Crippen LogP contribution in [0.2, 0.25) is 0 Å². The van der Waals surface area contributed by atoms with Crippen molar-refractivity contribution < 1.29 is 36.6 Å². The van der Waals surface area contributed by atoms with Gasteiger partial charge in [0.25, 0.3) is 0 Å². The van der Waals surface area contributed by atoms with Crippen LogP contribution in [-0.2, 0) is 21.7 Å². The molecule has 2 aromatic carbocycles. The molecule has 1 saturated heterocycles. The Hall–Kier alpha value is -2.85. The summed E-state index contributed by atoms with van der Waals surface area (Å²) in [5.74, 6) is -0.0899. The molecule has 1 fully saturated rings. The monoisotopic (exact) mass is 470 g/mol. The number of ether oxygens (including phenoxy) is 3. The number of alkyl halides is 3. The quantitative estimate of drug-likeness (QED) is 0.593. The van der Waals surface area contributed by atoms with Gasteiger partial charge in [0.05, 0.1) is 5.60 Å². The average Bonchev–Trinajstić information content (AvgIpc) is 2.80. The fourth-order valence-electron chi connectivity index (χ4n) is 3.62. The lowest BCUT2D eigenvalue weighted by molar-refractivity contribution is -0.122. The number of anilines is 1. The number of carbonyl (C=O) groups excluding carboxylic acids is 1. The van der Waals surface area contributed by atoms with Crippen LogP contribution in [0.5, 0.6) is 5.75 Å². The molecule has 10 heteroatoms. The van der Waals surface area contributed by atoms with E-state index in [1.807, 2.05) is 5.32 Å². The predicted octanol–water partition coefficient (Wildman–Crippen LogP) is 4.76. The summed E-state index contributed by atoms with van der Waals surface area (Å²) in [6.07, 6.45) is -3.27. The van der Waals surface area contributed by atoms with Crippen LogP contribution in [0.4, 0.5) is 28.0 Å². The summed E-state index contributed by atoms with van der Waals surface area (Å²) in [6, 6.07) is 10.1. The molecule has 33 heavy (non-hydrogen) atoms. The van der Waals surface area contributed by atoms with E-state index in [2.05, 4.69) is 0 Å². The SMILES string of the molecule is COC1(c2cc(F)cc(OCc3ccc(N(C)C(=O)NCC(F)(F)F)cc3)c2)CCOCC1. The van der Waals surface area contributed by atoms with Crippen molar-refractivity contribution >= 4 is 11.7 Å². The van der Waals surface area contributed by atoms with Gasteiger partial charge in [0.15, 0.2) is 0 Å². The van der Waals surface area contributed by atoms with Crippen LogP contribution in [0.25, 0.3) is 0 Å². The first-order valence-corrected chi connectivity index (χ1v) is 10.4. The molecule has 2 aromatic rings. The Labute approximate surface area is 189 Å². The zero-order valence-electron chi connectivity index (χ0n) is 18.4. The fourth-order valence-corrected chi connectivity index (χ4v) is 3.62. The predicted molar refractivity (Wildman–Crippen MR) is 114 cm³/mol. The number of benzene rings is 2. The maximum Gasteiger partial charge on any atom is 0.405 e. The molecule has 1 heterocycles. The van der Waals surface area contributed by atoms with Crippen LogP contribution >= 0.6 is 0 Å². The highest BCUT2D eigenvalue weighted by Gasteiger charge is 2.35. The minimum absolute atomic E-state index is 0.135. The van der Waals surface area contributed by atoms with Gasteiger partial charge >= 0.3 is 12.2 Å². The smallest absolute Gasteiger partial charge is 0.405 e.